The first-order chi connectivity index (χ1) is 9.87. The standard InChI is InChI=1S/C16H18N2O3/c1-16(2,3)20-15(19)9-13-8-14(18-21-13)12-6-4-11(10-17)5-7-12/h4-7,13H,8-9H2,1-3H3/t13-/m1/s1. The van der Waals surface area contributed by atoms with E-state index in [1.165, 1.54) is 0 Å². The summed E-state index contributed by atoms with van der Waals surface area (Å²) in [6, 6.07) is 9.20. The van der Waals surface area contributed by atoms with E-state index in [4.69, 9.17) is 14.8 Å². The van der Waals surface area contributed by atoms with Gasteiger partial charge in [-0.15, -0.1) is 0 Å². The summed E-state index contributed by atoms with van der Waals surface area (Å²) < 4.78 is 5.26. The molecule has 0 bridgehead atoms. The molecule has 0 aromatic heterocycles. The summed E-state index contributed by atoms with van der Waals surface area (Å²) in [5.41, 5.74) is 1.80. The maximum atomic E-state index is 11.8. The summed E-state index contributed by atoms with van der Waals surface area (Å²) in [4.78, 5) is 17.0. The van der Waals surface area contributed by atoms with E-state index in [9.17, 15) is 4.79 Å². The topological polar surface area (TPSA) is 71.7 Å². The van der Waals surface area contributed by atoms with Crippen LogP contribution in [0.5, 0.6) is 0 Å². The number of hydrogen-bond acceptors (Lipinski definition) is 5. The molecule has 2 rings (SSSR count). The molecule has 1 aliphatic heterocycles. The van der Waals surface area contributed by atoms with Gasteiger partial charge in [0.2, 0.25) is 0 Å². The van der Waals surface area contributed by atoms with Crippen LogP contribution in [0.25, 0.3) is 0 Å². The quantitative estimate of drug-likeness (QED) is 0.801. The first-order valence-electron chi connectivity index (χ1n) is 6.82. The summed E-state index contributed by atoms with van der Waals surface area (Å²) in [5.74, 6) is -0.288. The fourth-order valence-electron chi connectivity index (χ4n) is 2.01. The molecule has 0 aliphatic carbocycles. The minimum Gasteiger partial charge on any atom is -0.460 e. The molecule has 0 saturated heterocycles. The number of nitriles is 1. The van der Waals surface area contributed by atoms with Crippen LogP contribution in [-0.4, -0.2) is 23.4 Å². The lowest BCUT2D eigenvalue weighted by Crippen LogP contribution is -2.26. The number of ether oxygens (including phenoxy) is 1. The molecule has 0 saturated carbocycles. The van der Waals surface area contributed by atoms with Crippen LogP contribution in [-0.2, 0) is 14.4 Å². The molecule has 0 spiro atoms. The van der Waals surface area contributed by atoms with Crippen molar-refractivity contribution in [3.05, 3.63) is 35.4 Å². The molecule has 0 unspecified atom stereocenters. The normalized spacial score (nSPS) is 17.6. The lowest BCUT2D eigenvalue weighted by atomic mass is 10.0. The van der Waals surface area contributed by atoms with E-state index in [2.05, 4.69) is 11.2 Å². The molecular formula is C16H18N2O3. The Kier molecular flexibility index (Phi) is 4.27. The van der Waals surface area contributed by atoms with E-state index < -0.39 is 5.60 Å². The second-order valence-corrected chi connectivity index (χ2v) is 5.95. The van der Waals surface area contributed by atoms with Crippen LogP contribution >= 0.6 is 0 Å². The zero-order valence-electron chi connectivity index (χ0n) is 12.4. The first-order valence-corrected chi connectivity index (χ1v) is 6.82. The first kappa shape index (κ1) is 15.0. The fourth-order valence-corrected chi connectivity index (χ4v) is 2.01. The lowest BCUT2D eigenvalue weighted by molar-refractivity contribution is -0.157. The number of rotatable bonds is 3. The molecular weight excluding hydrogens is 268 g/mol. The summed E-state index contributed by atoms with van der Waals surface area (Å²) in [7, 11) is 0. The highest BCUT2D eigenvalue weighted by atomic mass is 16.6. The average Bonchev–Trinajstić information content (AvgIpc) is 2.85. The number of nitrogens with zero attached hydrogens (tertiary/aromatic N) is 2. The van der Waals surface area contributed by atoms with Crippen LogP contribution in [0.1, 0.15) is 44.7 Å². The van der Waals surface area contributed by atoms with Crippen molar-refractivity contribution >= 4 is 11.7 Å². The van der Waals surface area contributed by atoms with Gasteiger partial charge in [0.15, 0.2) is 0 Å². The van der Waals surface area contributed by atoms with Crippen molar-refractivity contribution in [2.45, 2.75) is 45.3 Å². The molecule has 1 heterocycles. The zero-order valence-corrected chi connectivity index (χ0v) is 12.4. The van der Waals surface area contributed by atoms with Crippen LogP contribution < -0.4 is 0 Å². The molecule has 1 aromatic rings. The minimum atomic E-state index is -0.494. The maximum Gasteiger partial charge on any atom is 0.310 e. The Labute approximate surface area is 124 Å². The van der Waals surface area contributed by atoms with Gasteiger partial charge >= 0.3 is 5.97 Å². The van der Waals surface area contributed by atoms with Gasteiger partial charge in [0.25, 0.3) is 0 Å². The van der Waals surface area contributed by atoms with E-state index >= 15 is 0 Å². The molecule has 1 aliphatic rings. The van der Waals surface area contributed by atoms with Crippen LogP contribution in [0.3, 0.4) is 0 Å². The van der Waals surface area contributed by atoms with Crippen molar-refractivity contribution in [3.63, 3.8) is 0 Å². The molecule has 0 radical (unpaired) electrons. The van der Waals surface area contributed by atoms with Gasteiger partial charge in [0, 0.05) is 6.42 Å². The van der Waals surface area contributed by atoms with Crippen molar-refractivity contribution < 1.29 is 14.4 Å². The Hall–Kier alpha value is -2.35. The smallest absolute Gasteiger partial charge is 0.310 e. The van der Waals surface area contributed by atoms with E-state index in [0.29, 0.717) is 12.0 Å². The van der Waals surface area contributed by atoms with Gasteiger partial charge < -0.3 is 9.57 Å². The van der Waals surface area contributed by atoms with Crippen LogP contribution in [0.2, 0.25) is 0 Å². The van der Waals surface area contributed by atoms with Gasteiger partial charge in [0.05, 0.1) is 23.8 Å². The van der Waals surface area contributed by atoms with Gasteiger partial charge in [-0.1, -0.05) is 17.3 Å². The van der Waals surface area contributed by atoms with E-state index in [0.717, 1.165) is 11.3 Å². The van der Waals surface area contributed by atoms with Gasteiger partial charge in [-0.25, -0.2) is 0 Å². The highest BCUT2D eigenvalue weighted by molar-refractivity contribution is 6.01. The summed E-state index contributed by atoms with van der Waals surface area (Å²) in [5, 5.41) is 12.8. The molecule has 0 fully saturated rings. The van der Waals surface area contributed by atoms with E-state index in [-0.39, 0.29) is 18.5 Å². The monoisotopic (exact) mass is 286 g/mol. The summed E-state index contributed by atoms with van der Waals surface area (Å²) in [6.45, 7) is 5.50. The number of carbonyl (C=O) groups is 1. The predicted octanol–water partition coefficient (Wildman–Crippen LogP) is 2.78. The molecule has 110 valence electrons. The third kappa shape index (κ3) is 4.32. The average molecular weight is 286 g/mol. The molecule has 5 heteroatoms. The largest absolute Gasteiger partial charge is 0.460 e. The molecule has 1 atom stereocenters. The summed E-state index contributed by atoms with van der Waals surface area (Å²) >= 11 is 0. The van der Waals surface area contributed by atoms with Gasteiger partial charge in [-0.05, 0) is 38.5 Å². The summed E-state index contributed by atoms with van der Waals surface area (Å²) in [6.07, 6.45) is 0.455. The third-order valence-electron chi connectivity index (χ3n) is 2.89. The number of benzene rings is 1. The Balaban J connectivity index is 1.91. The van der Waals surface area contributed by atoms with Gasteiger partial charge in [-0.3, -0.25) is 4.79 Å². The highest BCUT2D eigenvalue weighted by Crippen LogP contribution is 2.20. The van der Waals surface area contributed by atoms with Crippen molar-refractivity contribution in [1.29, 1.82) is 5.26 Å². The third-order valence-corrected chi connectivity index (χ3v) is 2.89. The zero-order chi connectivity index (χ0) is 15.5. The molecule has 5 nitrogen and oxygen atoms in total. The number of esters is 1. The maximum absolute atomic E-state index is 11.8. The molecule has 0 N–H and O–H groups in total. The highest BCUT2D eigenvalue weighted by Gasteiger charge is 2.27. The van der Waals surface area contributed by atoms with Crippen molar-refractivity contribution in [2.24, 2.45) is 5.16 Å². The second-order valence-electron chi connectivity index (χ2n) is 5.95. The van der Waals surface area contributed by atoms with Crippen LogP contribution in [0.15, 0.2) is 29.4 Å². The number of carbonyl (C=O) groups excluding carboxylic acids is 1. The number of oxime groups is 1. The van der Waals surface area contributed by atoms with Crippen molar-refractivity contribution in [3.8, 4) is 6.07 Å². The lowest BCUT2D eigenvalue weighted by Gasteiger charge is -2.20. The molecule has 0 amide bonds. The van der Waals surface area contributed by atoms with Gasteiger partial charge in [0.1, 0.15) is 11.7 Å². The number of hydrogen-bond donors (Lipinski definition) is 0. The Morgan fingerprint density at radius 1 is 1.43 bits per heavy atom. The molecule has 21 heavy (non-hydrogen) atoms. The van der Waals surface area contributed by atoms with Crippen molar-refractivity contribution in [2.75, 3.05) is 0 Å². The fraction of sp³-hybridized carbons (Fsp3) is 0.438. The Morgan fingerprint density at radius 2 is 2.10 bits per heavy atom. The van der Waals surface area contributed by atoms with Crippen LogP contribution in [0, 0.1) is 11.3 Å². The van der Waals surface area contributed by atoms with Crippen LogP contribution in [0.4, 0.5) is 0 Å². The van der Waals surface area contributed by atoms with E-state index in [1.54, 1.807) is 12.1 Å². The second kappa shape index (κ2) is 5.96. The van der Waals surface area contributed by atoms with Crippen molar-refractivity contribution in [1.82, 2.24) is 0 Å². The Bertz CT molecular complexity index is 591. The Morgan fingerprint density at radius 3 is 2.67 bits per heavy atom. The molecule has 1 aromatic carbocycles. The minimum absolute atomic E-state index is 0.181. The van der Waals surface area contributed by atoms with Gasteiger partial charge in [-0.2, -0.15) is 5.26 Å². The predicted molar refractivity (Wildman–Crippen MR) is 77.6 cm³/mol. The van der Waals surface area contributed by atoms with E-state index in [1.807, 2.05) is 32.9 Å². The SMILES string of the molecule is CC(C)(C)OC(=O)C[C@H]1CC(c2ccc(C#N)cc2)=NO1.